The van der Waals surface area contributed by atoms with Crippen LogP contribution in [0.15, 0.2) is 42.0 Å². The van der Waals surface area contributed by atoms with Crippen molar-refractivity contribution in [1.82, 2.24) is 5.01 Å². The van der Waals surface area contributed by atoms with Crippen molar-refractivity contribution in [2.75, 3.05) is 0 Å². The number of amides is 1. The van der Waals surface area contributed by atoms with Gasteiger partial charge in [0.2, 0.25) is 0 Å². The first-order chi connectivity index (χ1) is 8.63. The quantitative estimate of drug-likeness (QED) is 0.749. The summed E-state index contributed by atoms with van der Waals surface area (Å²) >= 11 is 0. The first-order valence-electron chi connectivity index (χ1n) is 6.22. The zero-order valence-electron chi connectivity index (χ0n) is 10.8. The Morgan fingerprint density at radius 2 is 2.22 bits per heavy atom. The Bertz CT molecular complexity index is 491. The highest BCUT2D eigenvalue weighted by atomic mass is 16.2. The van der Waals surface area contributed by atoms with Gasteiger partial charge in [0, 0.05) is 0 Å². The molecule has 1 atom stereocenters. The zero-order chi connectivity index (χ0) is 13.1. The second kappa shape index (κ2) is 5.17. The maximum Gasteiger partial charge on any atom is 0.266 e. The molecule has 2 rings (SSSR count). The average Bonchev–Trinajstić information content (AvgIpc) is 2.37. The van der Waals surface area contributed by atoms with E-state index in [1.54, 1.807) is 6.21 Å². The summed E-state index contributed by atoms with van der Waals surface area (Å²) in [6.45, 7) is 7.84. The highest BCUT2D eigenvalue weighted by molar-refractivity contribution is 5.91. The molecule has 1 unspecified atom stereocenters. The van der Waals surface area contributed by atoms with Crippen LogP contribution in [0.5, 0.6) is 0 Å². The highest BCUT2D eigenvalue weighted by Crippen LogP contribution is 2.32. The molecule has 94 valence electrons. The molecular formula is C15H18N2O. The SMILES string of the molecule is C=CC(=O)N1N=Cc2ccccc2C1CC(C)C. The molecule has 0 spiro atoms. The highest BCUT2D eigenvalue weighted by Gasteiger charge is 2.28. The largest absolute Gasteiger partial charge is 0.268 e. The molecular weight excluding hydrogens is 224 g/mol. The number of rotatable bonds is 3. The van der Waals surface area contributed by atoms with Gasteiger partial charge in [-0.1, -0.05) is 44.7 Å². The molecule has 0 saturated carbocycles. The van der Waals surface area contributed by atoms with Crippen molar-refractivity contribution in [2.45, 2.75) is 26.3 Å². The minimum atomic E-state index is -0.147. The van der Waals surface area contributed by atoms with Crippen LogP contribution >= 0.6 is 0 Å². The second-order valence-electron chi connectivity index (χ2n) is 4.91. The number of benzene rings is 1. The van der Waals surface area contributed by atoms with Crippen LogP contribution in [0.3, 0.4) is 0 Å². The van der Waals surface area contributed by atoms with Gasteiger partial charge < -0.3 is 0 Å². The summed E-state index contributed by atoms with van der Waals surface area (Å²) in [6.07, 6.45) is 3.96. The summed E-state index contributed by atoms with van der Waals surface area (Å²) in [4.78, 5) is 11.9. The third-order valence-corrected chi connectivity index (χ3v) is 3.07. The summed E-state index contributed by atoms with van der Waals surface area (Å²) in [7, 11) is 0. The Labute approximate surface area is 108 Å². The van der Waals surface area contributed by atoms with Crippen LogP contribution in [-0.4, -0.2) is 17.1 Å². The lowest BCUT2D eigenvalue weighted by Gasteiger charge is -2.32. The first kappa shape index (κ1) is 12.6. The maximum absolute atomic E-state index is 11.9. The van der Waals surface area contributed by atoms with Crippen LogP contribution in [-0.2, 0) is 4.79 Å². The molecule has 1 heterocycles. The molecule has 1 aromatic rings. The Kier molecular flexibility index (Phi) is 3.60. The van der Waals surface area contributed by atoms with Gasteiger partial charge in [-0.25, -0.2) is 5.01 Å². The van der Waals surface area contributed by atoms with Crippen LogP contribution in [0.1, 0.15) is 37.4 Å². The maximum atomic E-state index is 11.9. The smallest absolute Gasteiger partial charge is 0.266 e. The second-order valence-corrected chi connectivity index (χ2v) is 4.91. The predicted octanol–water partition coefficient (Wildman–Crippen LogP) is 3.14. The van der Waals surface area contributed by atoms with Crippen molar-refractivity contribution in [3.05, 3.63) is 48.0 Å². The minimum Gasteiger partial charge on any atom is -0.268 e. The Morgan fingerprint density at radius 3 is 2.89 bits per heavy atom. The Morgan fingerprint density at radius 1 is 1.50 bits per heavy atom. The average molecular weight is 242 g/mol. The molecule has 18 heavy (non-hydrogen) atoms. The molecule has 1 aliphatic heterocycles. The summed E-state index contributed by atoms with van der Waals surface area (Å²) in [5.74, 6) is 0.350. The van der Waals surface area contributed by atoms with E-state index in [9.17, 15) is 4.79 Å². The molecule has 0 radical (unpaired) electrons. The molecule has 3 heteroatoms. The minimum absolute atomic E-state index is 0.0108. The van der Waals surface area contributed by atoms with Crippen LogP contribution < -0.4 is 0 Å². The van der Waals surface area contributed by atoms with Gasteiger partial charge in [-0.3, -0.25) is 4.79 Å². The molecule has 0 fully saturated rings. The fourth-order valence-corrected chi connectivity index (χ4v) is 2.25. The van der Waals surface area contributed by atoms with Crippen molar-refractivity contribution >= 4 is 12.1 Å². The van der Waals surface area contributed by atoms with Gasteiger partial charge in [-0.2, -0.15) is 5.10 Å². The van der Waals surface area contributed by atoms with E-state index in [-0.39, 0.29) is 11.9 Å². The number of hydrazone groups is 1. The van der Waals surface area contributed by atoms with Crippen molar-refractivity contribution in [2.24, 2.45) is 11.0 Å². The first-order valence-corrected chi connectivity index (χ1v) is 6.22. The standard InChI is InChI=1S/C15H18N2O/c1-4-15(18)17-14(9-11(2)3)13-8-6-5-7-12(13)10-16-17/h4-8,10-11,14H,1,9H2,2-3H3. The Balaban J connectivity index is 2.41. The molecule has 0 bridgehead atoms. The van der Waals surface area contributed by atoms with Gasteiger partial charge in [0.25, 0.3) is 5.91 Å². The van der Waals surface area contributed by atoms with Gasteiger partial charge >= 0.3 is 0 Å². The number of carbonyl (C=O) groups is 1. The monoisotopic (exact) mass is 242 g/mol. The zero-order valence-corrected chi connectivity index (χ0v) is 10.8. The summed E-state index contributed by atoms with van der Waals surface area (Å²) < 4.78 is 0. The third-order valence-electron chi connectivity index (χ3n) is 3.07. The van der Waals surface area contributed by atoms with Crippen LogP contribution in [0.4, 0.5) is 0 Å². The number of carbonyl (C=O) groups excluding carboxylic acids is 1. The molecule has 0 saturated heterocycles. The molecule has 3 nitrogen and oxygen atoms in total. The number of hydrogen-bond acceptors (Lipinski definition) is 2. The van der Waals surface area contributed by atoms with E-state index < -0.39 is 0 Å². The van der Waals surface area contributed by atoms with Gasteiger partial charge in [0.15, 0.2) is 0 Å². The summed E-state index contributed by atoms with van der Waals surface area (Å²) in [6, 6.07) is 8.10. The van der Waals surface area contributed by atoms with Crippen molar-refractivity contribution in [3.8, 4) is 0 Å². The van der Waals surface area contributed by atoms with E-state index in [1.807, 2.05) is 18.2 Å². The van der Waals surface area contributed by atoms with E-state index in [1.165, 1.54) is 11.1 Å². The lowest BCUT2D eigenvalue weighted by atomic mass is 9.92. The van der Waals surface area contributed by atoms with Crippen molar-refractivity contribution in [1.29, 1.82) is 0 Å². The predicted molar refractivity (Wildman–Crippen MR) is 73.3 cm³/mol. The molecule has 1 aliphatic rings. The van der Waals surface area contributed by atoms with Crippen molar-refractivity contribution < 1.29 is 4.79 Å². The van der Waals surface area contributed by atoms with Crippen LogP contribution in [0, 0.1) is 5.92 Å². The van der Waals surface area contributed by atoms with Crippen LogP contribution in [0.2, 0.25) is 0 Å². The van der Waals surface area contributed by atoms with E-state index in [0.717, 1.165) is 17.5 Å². The number of nitrogens with zero attached hydrogens (tertiary/aromatic N) is 2. The molecule has 1 amide bonds. The normalized spacial score (nSPS) is 17.7. The topological polar surface area (TPSA) is 32.7 Å². The fraction of sp³-hybridized carbons (Fsp3) is 0.333. The van der Waals surface area contributed by atoms with E-state index in [4.69, 9.17) is 0 Å². The molecule has 0 N–H and O–H groups in total. The Hall–Kier alpha value is -1.90. The van der Waals surface area contributed by atoms with Crippen LogP contribution in [0.25, 0.3) is 0 Å². The van der Waals surface area contributed by atoms with Crippen molar-refractivity contribution in [3.63, 3.8) is 0 Å². The third kappa shape index (κ3) is 2.35. The molecule has 1 aromatic carbocycles. The lowest BCUT2D eigenvalue weighted by Crippen LogP contribution is -2.33. The molecule has 0 aromatic heterocycles. The van der Waals surface area contributed by atoms with Gasteiger partial charge in [-0.15, -0.1) is 0 Å². The van der Waals surface area contributed by atoms with Gasteiger partial charge in [0.1, 0.15) is 0 Å². The van der Waals surface area contributed by atoms with E-state index in [2.05, 4.69) is 31.6 Å². The van der Waals surface area contributed by atoms with Gasteiger partial charge in [0.05, 0.1) is 12.3 Å². The molecule has 0 aliphatic carbocycles. The summed E-state index contributed by atoms with van der Waals surface area (Å²) in [5, 5.41) is 5.80. The summed E-state index contributed by atoms with van der Waals surface area (Å²) in [5.41, 5.74) is 2.26. The lowest BCUT2D eigenvalue weighted by molar-refractivity contribution is -0.128. The fourth-order valence-electron chi connectivity index (χ4n) is 2.25. The van der Waals surface area contributed by atoms with E-state index >= 15 is 0 Å². The number of hydrogen-bond donors (Lipinski definition) is 0. The van der Waals surface area contributed by atoms with Gasteiger partial charge in [-0.05, 0) is 29.5 Å². The van der Waals surface area contributed by atoms with E-state index in [0.29, 0.717) is 5.92 Å². The number of fused-ring (bicyclic) bond motifs is 1.